The topological polar surface area (TPSA) is 83.5 Å². The fourth-order valence-corrected chi connectivity index (χ4v) is 2.20. The molecule has 2 N–H and O–H groups in total. The van der Waals surface area contributed by atoms with Gasteiger partial charge in [0.1, 0.15) is 0 Å². The number of carboxylic acid groups (broad SMARTS) is 1. The Balaban J connectivity index is 2.13. The summed E-state index contributed by atoms with van der Waals surface area (Å²) in [7, 11) is 0. The van der Waals surface area contributed by atoms with Gasteiger partial charge >= 0.3 is 5.97 Å². The Labute approximate surface area is 121 Å². The van der Waals surface area contributed by atoms with E-state index in [0.717, 1.165) is 0 Å². The highest BCUT2D eigenvalue weighted by molar-refractivity contribution is 8.00. The van der Waals surface area contributed by atoms with Crippen LogP contribution in [-0.2, 0) is 9.59 Å². The van der Waals surface area contributed by atoms with Crippen molar-refractivity contribution >= 4 is 29.4 Å². The molecule has 0 aliphatic rings. The van der Waals surface area contributed by atoms with E-state index < -0.39 is 5.97 Å². The zero-order valence-corrected chi connectivity index (χ0v) is 11.8. The molecule has 0 saturated heterocycles. The monoisotopic (exact) mass is 295 g/mol. The summed E-state index contributed by atoms with van der Waals surface area (Å²) in [6.07, 6.45) is 0.453. The van der Waals surface area contributed by atoms with Gasteiger partial charge in [0, 0.05) is 18.5 Å². The number of rotatable bonds is 9. The zero-order valence-electron chi connectivity index (χ0n) is 11.0. The smallest absolute Gasteiger partial charge is 0.303 e. The van der Waals surface area contributed by atoms with Crippen LogP contribution in [0.3, 0.4) is 0 Å². The Hall–Kier alpha value is -1.82. The summed E-state index contributed by atoms with van der Waals surface area (Å²) in [5.74, 6) is -0.601. The van der Waals surface area contributed by atoms with E-state index >= 15 is 0 Å². The van der Waals surface area contributed by atoms with E-state index in [1.807, 2.05) is 6.07 Å². The van der Waals surface area contributed by atoms with Crippen molar-refractivity contribution < 1.29 is 19.5 Å². The van der Waals surface area contributed by atoms with Crippen LogP contribution >= 0.6 is 11.8 Å². The van der Waals surface area contributed by atoms with E-state index in [1.165, 1.54) is 11.8 Å². The van der Waals surface area contributed by atoms with Gasteiger partial charge in [-0.1, -0.05) is 30.3 Å². The van der Waals surface area contributed by atoms with Gasteiger partial charge in [0.05, 0.1) is 11.5 Å². The van der Waals surface area contributed by atoms with Crippen LogP contribution in [0.25, 0.3) is 0 Å². The van der Waals surface area contributed by atoms with Crippen molar-refractivity contribution in [1.29, 1.82) is 0 Å². The molecule has 1 aromatic carbocycles. The van der Waals surface area contributed by atoms with E-state index in [9.17, 15) is 14.4 Å². The molecule has 0 saturated carbocycles. The second-order valence-corrected chi connectivity index (χ2v) is 5.11. The van der Waals surface area contributed by atoms with Crippen LogP contribution in [0.15, 0.2) is 30.3 Å². The number of nitrogens with one attached hydrogen (secondary N) is 1. The van der Waals surface area contributed by atoms with Crippen molar-refractivity contribution in [1.82, 2.24) is 5.32 Å². The summed E-state index contributed by atoms with van der Waals surface area (Å²) in [6, 6.07) is 8.93. The van der Waals surface area contributed by atoms with Crippen molar-refractivity contribution in [2.24, 2.45) is 0 Å². The van der Waals surface area contributed by atoms with Gasteiger partial charge in [0.15, 0.2) is 5.78 Å². The molecule has 1 amide bonds. The van der Waals surface area contributed by atoms with Crippen LogP contribution < -0.4 is 5.32 Å². The molecule has 6 heteroatoms. The lowest BCUT2D eigenvalue weighted by Crippen LogP contribution is -2.27. The maximum Gasteiger partial charge on any atom is 0.303 e. The van der Waals surface area contributed by atoms with Crippen molar-refractivity contribution in [3.8, 4) is 0 Å². The largest absolute Gasteiger partial charge is 0.481 e. The van der Waals surface area contributed by atoms with E-state index in [0.29, 0.717) is 18.5 Å². The van der Waals surface area contributed by atoms with Gasteiger partial charge in [0.2, 0.25) is 5.91 Å². The maximum atomic E-state index is 11.7. The third kappa shape index (κ3) is 6.94. The molecule has 0 aliphatic heterocycles. The molecule has 0 aromatic heterocycles. The molecule has 108 valence electrons. The van der Waals surface area contributed by atoms with Gasteiger partial charge in [-0.2, -0.15) is 0 Å². The standard InChI is InChI=1S/C14H17NO4S/c16-12(11-5-2-1-3-6-11)9-20-10-13(17)15-8-4-7-14(18)19/h1-3,5-6H,4,7-10H2,(H,15,17)(H,18,19). The predicted octanol–water partition coefficient (Wildman–Crippen LogP) is 1.58. The lowest BCUT2D eigenvalue weighted by Gasteiger charge is -2.04. The molecule has 1 aromatic rings. The van der Waals surface area contributed by atoms with E-state index in [4.69, 9.17) is 5.11 Å². The summed E-state index contributed by atoms with van der Waals surface area (Å²) in [5, 5.41) is 11.1. The minimum Gasteiger partial charge on any atom is -0.481 e. The highest BCUT2D eigenvalue weighted by atomic mass is 32.2. The molecule has 0 aliphatic carbocycles. The number of hydrogen-bond acceptors (Lipinski definition) is 4. The van der Waals surface area contributed by atoms with Gasteiger partial charge in [-0.05, 0) is 6.42 Å². The number of carboxylic acids is 1. The Kier molecular flexibility index (Phi) is 7.42. The molecule has 0 spiro atoms. The molecule has 0 radical (unpaired) electrons. The van der Waals surface area contributed by atoms with Crippen LogP contribution in [0.2, 0.25) is 0 Å². The Morgan fingerprint density at radius 3 is 2.45 bits per heavy atom. The number of carbonyl (C=O) groups excluding carboxylic acids is 2. The van der Waals surface area contributed by atoms with E-state index in [1.54, 1.807) is 24.3 Å². The molecule has 5 nitrogen and oxygen atoms in total. The first-order valence-corrected chi connectivity index (χ1v) is 7.39. The minimum absolute atomic E-state index is 0.00530. The average molecular weight is 295 g/mol. The number of hydrogen-bond donors (Lipinski definition) is 2. The number of thioether (sulfide) groups is 1. The summed E-state index contributed by atoms with van der Waals surface area (Å²) in [4.78, 5) is 33.4. The highest BCUT2D eigenvalue weighted by Gasteiger charge is 2.07. The fourth-order valence-electron chi connectivity index (χ4n) is 1.46. The van der Waals surface area contributed by atoms with Gasteiger partial charge in [-0.15, -0.1) is 11.8 Å². The lowest BCUT2D eigenvalue weighted by atomic mass is 10.2. The average Bonchev–Trinajstić information content (AvgIpc) is 2.44. The molecule has 0 unspecified atom stereocenters. The molecule has 1 rings (SSSR count). The quantitative estimate of drug-likeness (QED) is 0.534. The van der Waals surface area contributed by atoms with Gasteiger partial charge < -0.3 is 10.4 Å². The fraction of sp³-hybridized carbons (Fsp3) is 0.357. The SMILES string of the molecule is O=C(O)CCCNC(=O)CSCC(=O)c1ccccc1. The number of benzene rings is 1. The molecular formula is C14H17NO4S. The van der Waals surface area contributed by atoms with E-state index in [2.05, 4.69) is 5.32 Å². The lowest BCUT2D eigenvalue weighted by molar-refractivity contribution is -0.137. The minimum atomic E-state index is -0.873. The van der Waals surface area contributed by atoms with Crippen LogP contribution in [0, 0.1) is 0 Å². The maximum absolute atomic E-state index is 11.7. The number of Topliss-reactive ketones (excluding diaryl/α,β-unsaturated/α-hetero) is 1. The summed E-state index contributed by atoms with van der Waals surface area (Å²) in [5.41, 5.74) is 0.641. The molecule has 0 bridgehead atoms. The van der Waals surface area contributed by atoms with E-state index in [-0.39, 0.29) is 29.6 Å². The second-order valence-electron chi connectivity index (χ2n) is 4.13. The Bertz CT molecular complexity index is 462. The molecule has 20 heavy (non-hydrogen) atoms. The van der Waals surface area contributed by atoms with Crippen molar-refractivity contribution in [2.75, 3.05) is 18.1 Å². The van der Waals surface area contributed by atoms with Crippen LogP contribution in [-0.4, -0.2) is 40.8 Å². The van der Waals surface area contributed by atoms with Gasteiger partial charge in [-0.25, -0.2) is 0 Å². The number of carbonyl (C=O) groups is 3. The molecule has 0 atom stereocenters. The van der Waals surface area contributed by atoms with Crippen molar-refractivity contribution in [3.63, 3.8) is 0 Å². The number of ketones is 1. The van der Waals surface area contributed by atoms with Gasteiger partial charge in [-0.3, -0.25) is 14.4 Å². The third-order valence-electron chi connectivity index (χ3n) is 2.45. The second kappa shape index (κ2) is 9.14. The molecule has 0 fully saturated rings. The zero-order chi connectivity index (χ0) is 14.8. The normalized spacial score (nSPS) is 10.0. The van der Waals surface area contributed by atoms with Crippen LogP contribution in [0.4, 0.5) is 0 Å². The Morgan fingerprint density at radius 2 is 1.80 bits per heavy atom. The number of amides is 1. The van der Waals surface area contributed by atoms with Crippen LogP contribution in [0.5, 0.6) is 0 Å². The first kappa shape index (κ1) is 16.2. The Morgan fingerprint density at radius 1 is 1.10 bits per heavy atom. The third-order valence-corrected chi connectivity index (χ3v) is 3.38. The predicted molar refractivity (Wildman–Crippen MR) is 78.0 cm³/mol. The van der Waals surface area contributed by atoms with Crippen molar-refractivity contribution in [2.45, 2.75) is 12.8 Å². The van der Waals surface area contributed by atoms with Crippen LogP contribution in [0.1, 0.15) is 23.2 Å². The first-order chi connectivity index (χ1) is 9.59. The molecular weight excluding hydrogens is 278 g/mol. The first-order valence-electron chi connectivity index (χ1n) is 6.24. The van der Waals surface area contributed by atoms with Crippen molar-refractivity contribution in [3.05, 3.63) is 35.9 Å². The summed E-state index contributed by atoms with van der Waals surface area (Å²) < 4.78 is 0. The molecule has 0 heterocycles. The highest BCUT2D eigenvalue weighted by Crippen LogP contribution is 2.07. The van der Waals surface area contributed by atoms with Gasteiger partial charge in [0.25, 0.3) is 0 Å². The summed E-state index contributed by atoms with van der Waals surface area (Å²) >= 11 is 1.25. The summed E-state index contributed by atoms with van der Waals surface area (Å²) in [6.45, 7) is 0.346. The number of aliphatic carboxylic acids is 1.